The van der Waals surface area contributed by atoms with Gasteiger partial charge < -0.3 is 10.1 Å². The van der Waals surface area contributed by atoms with E-state index in [0.717, 1.165) is 32.6 Å². The first-order valence-electron chi connectivity index (χ1n) is 9.37. The Labute approximate surface area is 177 Å². The lowest BCUT2D eigenvalue weighted by Gasteiger charge is -2.08. The van der Waals surface area contributed by atoms with Crippen LogP contribution in [-0.2, 0) is 13.6 Å². The van der Waals surface area contributed by atoms with Gasteiger partial charge in [0, 0.05) is 42.0 Å². The van der Waals surface area contributed by atoms with Crippen LogP contribution < -0.4 is 10.1 Å². The maximum atomic E-state index is 14.0. The standard InChI is InChI=1S/C22H21FN4O2S/c1-12-7-13(2)26-22-18(12)19(15-10-25-27(3)11-15)20(30-22)21(28)24-9-14-5-6-17(29-4)16(23)8-14/h5-8,10-11H,9H2,1-4H3,(H,24,28). The maximum absolute atomic E-state index is 14.0. The zero-order valence-corrected chi connectivity index (χ0v) is 17.9. The number of carbonyl (C=O) groups is 1. The summed E-state index contributed by atoms with van der Waals surface area (Å²) in [4.78, 5) is 19.1. The Balaban J connectivity index is 1.71. The van der Waals surface area contributed by atoms with E-state index in [4.69, 9.17) is 4.74 Å². The minimum absolute atomic E-state index is 0.172. The number of fused-ring (bicyclic) bond motifs is 1. The van der Waals surface area contributed by atoms with Gasteiger partial charge >= 0.3 is 0 Å². The summed E-state index contributed by atoms with van der Waals surface area (Å²) < 4.78 is 20.6. The van der Waals surface area contributed by atoms with Gasteiger partial charge in [-0.25, -0.2) is 9.37 Å². The van der Waals surface area contributed by atoms with Crippen LogP contribution in [-0.4, -0.2) is 27.8 Å². The molecule has 0 saturated carbocycles. The van der Waals surface area contributed by atoms with Crippen LogP contribution in [0.25, 0.3) is 21.3 Å². The first kappa shape index (κ1) is 20.0. The molecule has 0 spiro atoms. The summed E-state index contributed by atoms with van der Waals surface area (Å²) in [6, 6.07) is 6.65. The third-order valence-corrected chi connectivity index (χ3v) is 5.94. The van der Waals surface area contributed by atoms with E-state index >= 15 is 0 Å². The van der Waals surface area contributed by atoms with Gasteiger partial charge in [-0.2, -0.15) is 5.10 Å². The highest BCUT2D eigenvalue weighted by atomic mass is 32.1. The smallest absolute Gasteiger partial charge is 0.262 e. The van der Waals surface area contributed by atoms with Gasteiger partial charge in [0.05, 0.1) is 13.3 Å². The van der Waals surface area contributed by atoms with Gasteiger partial charge in [0.1, 0.15) is 9.71 Å². The predicted octanol–water partition coefficient (Wildman–Crippen LogP) is 4.39. The minimum Gasteiger partial charge on any atom is -0.494 e. The SMILES string of the molecule is COc1ccc(CNC(=O)c2sc3nc(C)cc(C)c3c2-c2cnn(C)c2)cc1F. The Bertz CT molecular complexity index is 1260. The number of thiophene rings is 1. The Morgan fingerprint density at radius 3 is 2.77 bits per heavy atom. The van der Waals surface area contributed by atoms with Crippen LogP contribution in [0.3, 0.4) is 0 Å². The summed E-state index contributed by atoms with van der Waals surface area (Å²) >= 11 is 1.35. The lowest BCUT2D eigenvalue weighted by atomic mass is 10.0. The second kappa shape index (κ2) is 7.87. The number of hydrogen-bond donors (Lipinski definition) is 1. The number of halogens is 1. The molecular formula is C22H21FN4O2S. The van der Waals surface area contributed by atoms with Crippen molar-refractivity contribution in [2.24, 2.45) is 7.05 Å². The number of benzene rings is 1. The summed E-state index contributed by atoms with van der Waals surface area (Å²) in [5.41, 5.74) is 4.30. The minimum atomic E-state index is -0.461. The van der Waals surface area contributed by atoms with Crippen molar-refractivity contribution in [3.8, 4) is 16.9 Å². The molecule has 0 radical (unpaired) electrons. The predicted molar refractivity (Wildman–Crippen MR) is 115 cm³/mol. The highest BCUT2D eigenvalue weighted by molar-refractivity contribution is 7.21. The van der Waals surface area contributed by atoms with Crippen molar-refractivity contribution in [3.05, 3.63) is 64.2 Å². The van der Waals surface area contributed by atoms with Gasteiger partial charge in [0.25, 0.3) is 5.91 Å². The fraction of sp³-hybridized carbons (Fsp3) is 0.227. The largest absolute Gasteiger partial charge is 0.494 e. The normalized spacial score (nSPS) is 11.1. The van der Waals surface area contributed by atoms with E-state index in [1.807, 2.05) is 33.2 Å². The van der Waals surface area contributed by atoms with Crippen molar-refractivity contribution in [1.29, 1.82) is 0 Å². The summed E-state index contributed by atoms with van der Waals surface area (Å²) in [5, 5.41) is 8.12. The molecule has 3 aromatic heterocycles. The summed E-state index contributed by atoms with van der Waals surface area (Å²) in [7, 11) is 3.25. The molecule has 154 valence electrons. The van der Waals surface area contributed by atoms with Crippen molar-refractivity contribution in [1.82, 2.24) is 20.1 Å². The zero-order chi connectivity index (χ0) is 21.4. The van der Waals surface area contributed by atoms with Crippen molar-refractivity contribution in [2.75, 3.05) is 7.11 Å². The lowest BCUT2D eigenvalue weighted by Crippen LogP contribution is -2.22. The fourth-order valence-electron chi connectivity index (χ4n) is 3.51. The average molecular weight is 425 g/mol. The fourth-order valence-corrected chi connectivity index (χ4v) is 4.74. The molecule has 4 aromatic rings. The lowest BCUT2D eigenvalue weighted by molar-refractivity contribution is 0.0955. The van der Waals surface area contributed by atoms with Crippen molar-refractivity contribution in [3.63, 3.8) is 0 Å². The third kappa shape index (κ3) is 3.66. The second-order valence-electron chi connectivity index (χ2n) is 7.12. The van der Waals surface area contributed by atoms with Gasteiger partial charge in [0.2, 0.25) is 0 Å². The molecule has 6 nitrogen and oxygen atoms in total. The van der Waals surface area contributed by atoms with Crippen molar-refractivity contribution in [2.45, 2.75) is 20.4 Å². The van der Waals surface area contributed by atoms with Gasteiger partial charge in [0.15, 0.2) is 11.6 Å². The topological polar surface area (TPSA) is 69.0 Å². The van der Waals surface area contributed by atoms with E-state index in [9.17, 15) is 9.18 Å². The maximum Gasteiger partial charge on any atom is 0.262 e. The molecule has 8 heteroatoms. The number of aryl methyl sites for hydroxylation is 3. The number of amides is 1. The van der Waals surface area contributed by atoms with Crippen LogP contribution in [0.1, 0.15) is 26.5 Å². The number of carbonyl (C=O) groups excluding carboxylic acids is 1. The highest BCUT2D eigenvalue weighted by Gasteiger charge is 2.23. The number of hydrogen-bond acceptors (Lipinski definition) is 5. The van der Waals surface area contributed by atoms with Crippen LogP contribution in [0.4, 0.5) is 4.39 Å². The van der Waals surface area contributed by atoms with E-state index in [1.54, 1.807) is 23.0 Å². The Morgan fingerprint density at radius 2 is 2.10 bits per heavy atom. The van der Waals surface area contributed by atoms with Crippen LogP contribution in [0, 0.1) is 19.7 Å². The van der Waals surface area contributed by atoms with Crippen LogP contribution in [0.5, 0.6) is 5.75 Å². The summed E-state index contributed by atoms with van der Waals surface area (Å²) in [5.74, 6) is -0.520. The number of methoxy groups -OCH3 is 1. The molecule has 0 unspecified atom stereocenters. The number of rotatable bonds is 5. The van der Waals surface area contributed by atoms with E-state index in [2.05, 4.69) is 15.4 Å². The van der Waals surface area contributed by atoms with Gasteiger partial charge in [-0.1, -0.05) is 6.07 Å². The first-order valence-corrected chi connectivity index (χ1v) is 10.2. The molecule has 0 atom stereocenters. The molecule has 0 saturated heterocycles. The Hall–Kier alpha value is -3.26. The van der Waals surface area contributed by atoms with E-state index in [0.29, 0.717) is 10.4 Å². The summed E-state index contributed by atoms with van der Waals surface area (Å²) in [6.07, 6.45) is 3.63. The highest BCUT2D eigenvalue weighted by Crippen LogP contribution is 2.39. The Morgan fingerprint density at radius 1 is 1.30 bits per heavy atom. The van der Waals surface area contributed by atoms with Crippen LogP contribution in [0.15, 0.2) is 36.7 Å². The average Bonchev–Trinajstić information content (AvgIpc) is 3.29. The zero-order valence-electron chi connectivity index (χ0n) is 17.1. The molecule has 4 rings (SSSR count). The molecule has 1 aromatic carbocycles. The van der Waals surface area contributed by atoms with Crippen LogP contribution in [0.2, 0.25) is 0 Å². The van der Waals surface area contributed by atoms with Crippen LogP contribution >= 0.6 is 11.3 Å². The summed E-state index contributed by atoms with van der Waals surface area (Å²) in [6.45, 7) is 4.16. The number of nitrogens with one attached hydrogen (secondary N) is 1. The van der Waals surface area contributed by atoms with E-state index in [-0.39, 0.29) is 18.2 Å². The Kier molecular flexibility index (Phi) is 5.26. The second-order valence-corrected chi connectivity index (χ2v) is 8.12. The third-order valence-electron chi connectivity index (χ3n) is 4.86. The van der Waals surface area contributed by atoms with Gasteiger partial charge in [-0.15, -0.1) is 11.3 Å². The molecule has 1 N–H and O–H groups in total. The monoisotopic (exact) mass is 424 g/mol. The molecule has 0 fully saturated rings. The molecule has 0 bridgehead atoms. The molecule has 0 aliphatic rings. The molecule has 0 aliphatic carbocycles. The van der Waals surface area contributed by atoms with Crippen molar-refractivity contribution < 1.29 is 13.9 Å². The molecular weight excluding hydrogens is 403 g/mol. The van der Waals surface area contributed by atoms with E-state index < -0.39 is 5.82 Å². The first-order chi connectivity index (χ1) is 14.4. The molecule has 3 heterocycles. The molecule has 30 heavy (non-hydrogen) atoms. The quantitative estimate of drug-likeness (QED) is 0.516. The number of nitrogens with zero attached hydrogens (tertiary/aromatic N) is 3. The van der Waals surface area contributed by atoms with E-state index in [1.165, 1.54) is 24.5 Å². The number of pyridine rings is 1. The van der Waals surface area contributed by atoms with Gasteiger partial charge in [-0.05, 0) is 43.2 Å². The number of ether oxygens (including phenoxy) is 1. The molecule has 0 aliphatic heterocycles. The van der Waals surface area contributed by atoms with Gasteiger partial charge in [-0.3, -0.25) is 9.48 Å². The molecule has 1 amide bonds. The van der Waals surface area contributed by atoms with Crippen molar-refractivity contribution >= 4 is 27.5 Å². The number of aromatic nitrogens is 3.